The van der Waals surface area contributed by atoms with E-state index in [-0.39, 0.29) is 17.6 Å². The van der Waals surface area contributed by atoms with Crippen LogP contribution in [-0.4, -0.2) is 52.3 Å². The van der Waals surface area contributed by atoms with Crippen molar-refractivity contribution in [3.05, 3.63) is 35.4 Å². The van der Waals surface area contributed by atoms with Gasteiger partial charge in [0.2, 0.25) is 11.8 Å². The Balaban J connectivity index is 3.40. The van der Waals surface area contributed by atoms with E-state index in [9.17, 15) is 14.4 Å². The molecule has 8 heteroatoms. The molecule has 0 aliphatic heterocycles. The van der Waals surface area contributed by atoms with Crippen molar-refractivity contribution in [1.82, 2.24) is 15.5 Å². The molecule has 3 amide bonds. The average molecular weight is 508 g/mol. The van der Waals surface area contributed by atoms with E-state index < -0.39 is 29.3 Å². The zero-order chi connectivity index (χ0) is 26.8. The number of alkyl carbamates (subject to hydrolysis) is 1. The zero-order valence-electron chi connectivity index (χ0n) is 22.7. The number of carbonyl (C=O) groups excluding carboxylic acids is 3. The first-order chi connectivity index (χ1) is 16.2. The van der Waals surface area contributed by atoms with Gasteiger partial charge in [-0.1, -0.05) is 56.0 Å². The normalized spacial score (nSPS) is 13.5. The minimum Gasteiger partial charge on any atom is -0.444 e. The molecule has 0 aliphatic rings. The van der Waals surface area contributed by atoms with Crippen LogP contribution in [-0.2, 0) is 14.3 Å². The van der Waals surface area contributed by atoms with E-state index in [0.29, 0.717) is 6.54 Å². The van der Waals surface area contributed by atoms with Gasteiger partial charge in [0.25, 0.3) is 0 Å². The number of amides is 3. The fourth-order valence-corrected chi connectivity index (χ4v) is 3.91. The van der Waals surface area contributed by atoms with Gasteiger partial charge in [0, 0.05) is 17.8 Å². The van der Waals surface area contributed by atoms with Gasteiger partial charge in [-0.25, -0.2) is 4.79 Å². The molecular formula is C27H45N3O4S. The molecule has 0 heterocycles. The van der Waals surface area contributed by atoms with Crippen LogP contribution in [0.4, 0.5) is 4.79 Å². The van der Waals surface area contributed by atoms with Gasteiger partial charge in [-0.2, -0.15) is 12.6 Å². The predicted molar refractivity (Wildman–Crippen MR) is 145 cm³/mol. The number of nitrogens with zero attached hydrogens (tertiary/aromatic N) is 1. The largest absolute Gasteiger partial charge is 0.444 e. The fourth-order valence-electron chi connectivity index (χ4n) is 3.66. The predicted octanol–water partition coefficient (Wildman–Crippen LogP) is 5.18. The van der Waals surface area contributed by atoms with Crippen LogP contribution >= 0.6 is 12.6 Å². The molecule has 35 heavy (non-hydrogen) atoms. The fraction of sp³-hybridized carbons (Fsp3) is 0.667. The number of unbranched alkanes of at least 4 members (excludes halogenated alkanes) is 3. The first-order valence-corrected chi connectivity index (χ1v) is 13.1. The van der Waals surface area contributed by atoms with Crippen LogP contribution in [0.1, 0.15) is 91.3 Å². The number of nitrogens with one attached hydrogen (secondary N) is 2. The summed E-state index contributed by atoms with van der Waals surface area (Å²) in [7, 11) is 0. The molecule has 2 N–H and O–H groups in total. The van der Waals surface area contributed by atoms with Crippen LogP contribution in [0.5, 0.6) is 0 Å². The Labute approximate surface area is 217 Å². The van der Waals surface area contributed by atoms with Gasteiger partial charge in [0.1, 0.15) is 17.7 Å². The van der Waals surface area contributed by atoms with Crippen molar-refractivity contribution in [2.45, 2.75) is 104 Å². The Morgan fingerprint density at radius 1 is 1.06 bits per heavy atom. The molecule has 2 atom stereocenters. The third-order valence-corrected chi connectivity index (χ3v) is 5.49. The number of hydrogen-bond acceptors (Lipinski definition) is 5. The highest BCUT2D eigenvalue weighted by molar-refractivity contribution is 7.80. The van der Waals surface area contributed by atoms with Crippen molar-refractivity contribution in [2.75, 3.05) is 12.3 Å². The van der Waals surface area contributed by atoms with Gasteiger partial charge in [0.15, 0.2) is 0 Å². The van der Waals surface area contributed by atoms with Crippen molar-refractivity contribution < 1.29 is 19.1 Å². The maximum Gasteiger partial charge on any atom is 0.408 e. The van der Waals surface area contributed by atoms with E-state index in [2.05, 4.69) is 30.2 Å². The summed E-state index contributed by atoms with van der Waals surface area (Å²) in [4.78, 5) is 41.5. The summed E-state index contributed by atoms with van der Waals surface area (Å²) >= 11 is 4.33. The lowest BCUT2D eigenvalue weighted by Gasteiger charge is -2.36. The van der Waals surface area contributed by atoms with Crippen LogP contribution in [0, 0.1) is 6.92 Å². The van der Waals surface area contributed by atoms with Gasteiger partial charge >= 0.3 is 6.09 Å². The van der Waals surface area contributed by atoms with Crippen molar-refractivity contribution in [2.24, 2.45) is 0 Å². The van der Waals surface area contributed by atoms with E-state index in [1.54, 1.807) is 25.7 Å². The third-order valence-electron chi connectivity index (χ3n) is 5.12. The Hall–Kier alpha value is -2.22. The van der Waals surface area contributed by atoms with Crippen molar-refractivity contribution in [3.63, 3.8) is 0 Å². The van der Waals surface area contributed by atoms with Gasteiger partial charge < -0.3 is 20.3 Å². The minimum absolute atomic E-state index is 0.0744. The summed E-state index contributed by atoms with van der Waals surface area (Å²) in [5.41, 5.74) is 0.538. The topological polar surface area (TPSA) is 87.7 Å². The lowest BCUT2D eigenvalue weighted by molar-refractivity contribution is -0.142. The second-order valence-corrected chi connectivity index (χ2v) is 11.4. The van der Waals surface area contributed by atoms with E-state index in [0.717, 1.165) is 36.8 Å². The summed E-state index contributed by atoms with van der Waals surface area (Å²) in [6.07, 6.45) is 3.09. The highest BCUT2D eigenvalue weighted by Gasteiger charge is 2.36. The van der Waals surface area contributed by atoms with E-state index in [1.807, 2.05) is 52.0 Å². The highest BCUT2D eigenvalue weighted by Crippen LogP contribution is 2.25. The second kappa shape index (κ2) is 13.8. The average Bonchev–Trinajstić information content (AvgIpc) is 2.71. The van der Waals surface area contributed by atoms with Crippen molar-refractivity contribution in [3.8, 4) is 0 Å². The Kier molecular flexibility index (Phi) is 12.1. The summed E-state index contributed by atoms with van der Waals surface area (Å²) in [5.74, 6) is -0.551. The van der Waals surface area contributed by atoms with Gasteiger partial charge in [-0.05, 0) is 60.5 Å². The Morgan fingerprint density at radius 2 is 1.71 bits per heavy atom. The summed E-state index contributed by atoms with van der Waals surface area (Å²) in [5, 5.41) is 5.69. The molecule has 0 radical (unpaired) electrons. The molecular weight excluding hydrogens is 462 g/mol. The number of aryl methyl sites for hydroxylation is 1. The van der Waals surface area contributed by atoms with Crippen LogP contribution in [0.15, 0.2) is 24.3 Å². The molecule has 1 aromatic carbocycles. The first kappa shape index (κ1) is 30.8. The SMILES string of the molecule is CCCCCCN(C(=O)C(CS)NC(=O)OC(C)(C)C)C(C(=O)NC(C)(C)C)c1cccc(C)c1. The third kappa shape index (κ3) is 11.4. The summed E-state index contributed by atoms with van der Waals surface area (Å²) < 4.78 is 5.35. The van der Waals surface area contributed by atoms with Gasteiger partial charge in [-0.3, -0.25) is 9.59 Å². The van der Waals surface area contributed by atoms with Crippen LogP contribution < -0.4 is 10.6 Å². The zero-order valence-corrected chi connectivity index (χ0v) is 23.6. The minimum atomic E-state index is -0.936. The summed E-state index contributed by atoms with van der Waals surface area (Å²) in [6, 6.07) is 5.85. The first-order valence-electron chi connectivity index (χ1n) is 12.5. The lowest BCUT2D eigenvalue weighted by atomic mass is 9.99. The molecule has 0 aliphatic carbocycles. The number of thiol groups is 1. The number of rotatable bonds is 11. The van der Waals surface area contributed by atoms with E-state index in [4.69, 9.17) is 4.74 Å². The van der Waals surface area contributed by atoms with E-state index in [1.165, 1.54) is 0 Å². The van der Waals surface area contributed by atoms with Crippen LogP contribution in [0.25, 0.3) is 0 Å². The molecule has 2 unspecified atom stereocenters. The molecule has 0 spiro atoms. The van der Waals surface area contributed by atoms with Crippen LogP contribution in [0.3, 0.4) is 0 Å². The maximum atomic E-state index is 13.8. The molecule has 1 aromatic rings. The molecule has 0 fully saturated rings. The molecule has 1 rings (SSSR count). The quantitative estimate of drug-likeness (QED) is 0.284. The molecule has 7 nitrogen and oxygen atoms in total. The Bertz CT molecular complexity index is 846. The van der Waals surface area contributed by atoms with Gasteiger partial charge in [0.05, 0.1) is 0 Å². The molecule has 0 saturated heterocycles. The number of ether oxygens (including phenoxy) is 1. The lowest BCUT2D eigenvalue weighted by Crippen LogP contribution is -2.55. The van der Waals surface area contributed by atoms with Crippen molar-refractivity contribution in [1.29, 1.82) is 0 Å². The maximum absolute atomic E-state index is 13.8. The standard InChI is InChI=1S/C27H45N3O4S/c1-9-10-11-12-16-30(24(32)21(18-35)28-25(33)34-27(6,7)8)22(23(31)29-26(3,4)5)20-15-13-14-19(2)17-20/h13-15,17,21-22,35H,9-12,16,18H2,1-8H3,(H,28,33)(H,29,31). The van der Waals surface area contributed by atoms with E-state index >= 15 is 0 Å². The summed E-state index contributed by atoms with van der Waals surface area (Å²) in [6.45, 7) is 15.5. The monoisotopic (exact) mass is 507 g/mol. The van der Waals surface area contributed by atoms with Crippen molar-refractivity contribution >= 4 is 30.5 Å². The number of carbonyl (C=O) groups is 3. The molecule has 0 aromatic heterocycles. The van der Waals surface area contributed by atoms with Gasteiger partial charge in [-0.15, -0.1) is 0 Å². The van der Waals surface area contributed by atoms with Crippen LogP contribution in [0.2, 0.25) is 0 Å². The molecule has 0 saturated carbocycles. The Morgan fingerprint density at radius 3 is 2.23 bits per heavy atom. The molecule has 198 valence electrons. The number of hydrogen-bond donors (Lipinski definition) is 3. The smallest absolute Gasteiger partial charge is 0.408 e. The number of benzene rings is 1. The highest BCUT2D eigenvalue weighted by atomic mass is 32.1. The second-order valence-electron chi connectivity index (χ2n) is 11.0. The molecule has 0 bridgehead atoms.